The molecular formula is C22H28N2O3. The minimum absolute atomic E-state index is 0.00523. The number of benzene rings is 2. The number of nitrogens with one attached hydrogen (secondary N) is 1. The molecule has 1 N–H and O–H groups in total. The Balaban J connectivity index is 2.04. The third-order valence-electron chi connectivity index (χ3n) is 4.11. The largest absolute Gasteiger partial charge is 0.489 e. The summed E-state index contributed by atoms with van der Waals surface area (Å²) in [5, 5.41) is 2.88. The molecule has 0 saturated carbocycles. The summed E-state index contributed by atoms with van der Waals surface area (Å²) < 4.78 is 5.81. The minimum Gasteiger partial charge on any atom is -0.489 e. The number of ether oxygens (including phenoxy) is 1. The molecule has 0 fully saturated rings. The second-order valence-corrected chi connectivity index (χ2v) is 6.65. The van der Waals surface area contributed by atoms with Crippen LogP contribution in [0.5, 0.6) is 5.75 Å². The van der Waals surface area contributed by atoms with E-state index < -0.39 is 0 Å². The first kappa shape index (κ1) is 20.5. The summed E-state index contributed by atoms with van der Waals surface area (Å²) in [5.74, 6) is 0.376. The van der Waals surface area contributed by atoms with E-state index in [1.165, 1.54) is 12.5 Å². The summed E-state index contributed by atoms with van der Waals surface area (Å²) in [6, 6.07) is 15.2. The van der Waals surface area contributed by atoms with Crippen LogP contribution in [0.2, 0.25) is 0 Å². The van der Waals surface area contributed by atoms with E-state index in [1.54, 1.807) is 4.90 Å². The number of rotatable bonds is 8. The highest BCUT2D eigenvalue weighted by molar-refractivity contribution is 5.95. The van der Waals surface area contributed by atoms with Gasteiger partial charge in [-0.2, -0.15) is 0 Å². The molecule has 0 unspecified atom stereocenters. The van der Waals surface area contributed by atoms with Crippen LogP contribution >= 0.6 is 0 Å². The molecule has 0 radical (unpaired) electrons. The molecule has 0 saturated heterocycles. The summed E-state index contributed by atoms with van der Waals surface area (Å²) in [7, 11) is 0. The SMILES string of the molecule is CCc1ccc(NC(=O)CCN(C(C)=O)c2ccccc2OC(C)C)cc1. The van der Waals surface area contributed by atoms with Gasteiger partial charge in [0.2, 0.25) is 11.8 Å². The average molecular weight is 368 g/mol. The quantitative estimate of drug-likeness (QED) is 0.750. The smallest absolute Gasteiger partial charge is 0.226 e. The van der Waals surface area contributed by atoms with Gasteiger partial charge in [-0.05, 0) is 50.1 Å². The Morgan fingerprint density at radius 2 is 1.74 bits per heavy atom. The fourth-order valence-corrected chi connectivity index (χ4v) is 2.74. The fraction of sp³-hybridized carbons (Fsp3) is 0.364. The van der Waals surface area contributed by atoms with Crippen LogP contribution in [-0.2, 0) is 16.0 Å². The van der Waals surface area contributed by atoms with Crippen LogP contribution in [0.4, 0.5) is 11.4 Å². The van der Waals surface area contributed by atoms with Crippen LogP contribution < -0.4 is 15.0 Å². The molecule has 2 aromatic rings. The molecule has 27 heavy (non-hydrogen) atoms. The van der Waals surface area contributed by atoms with E-state index >= 15 is 0 Å². The summed E-state index contributed by atoms with van der Waals surface area (Å²) >= 11 is 0. The van der Waals surface area contributed by atoms with Crippen LogP contribution in [0, 0.1) is 0 Å². The van der Waals surface area contributed by atoms with Crippen LogP contribution in [0.1, 0.15) is 39.7 Å². The summed E-state index contributed by atoms with van der Waals surface area (Å²) in [6.45, 7) is 7.74. The lowest BCUT2D eigenvalue weighted by atomic mass is 10.1. The number of amides is 2. The molecule has 0 aliphatic rings. The van der Waals surface area contributed by atoms with Gasteiger partial charge in [0, 0.05) is 25.6 Å². The Labute approximate surface area is 161 Å². The van der Waals surface area contributed by atoms with Gasteiger partial charge in [0.1, 0.15) is 5.75 Å². The monoisotopic (exact) mass is 368 g/mol. The van der Waals surface area contributed by atoms with E-state index in [-0.39, 0.29) is 30.9 Å². The molecule has 0 aliphatic carbocycles. The number of aryl methyl sites for hydroxylation is 1. The molecular weight excluding hydrogens is 340 g/mol. The van der Waals surface area contributed by atoms with Gasteiger partial charge in [-0.1, -0.05) is 31.2 Å². The maximum absolute atomic E-state index is 12.3. The Bertz CT molecular complexity index is 769. The van der Waals surface area contributed by atoms with Crippen LogP contribution in [-0.4, -0.2) is 24.5 Å². The summed E-state index contributed by atoms with van der Waals surface area (Å²) in [4.78, 5) is 26.1. The van der Waals surface area contributed by atoms with Crippen LogP contribution in [0.15, 0.2) is 48.5 Å². The van der Waals surface area contributed by atoms with Gasteiger partial charge in [-0.3, -0.25) is 9.59 Å². The highest BCUT2D eigenvalue weighted by Crippen LogP contribution is 2.29. The zero-order chi connectivity index (χ0) is 19.8. The number of hydrogen-bond donors (Lipinski definition) is 1. The first-order valence-corrected chi connectivity index (χ1v) is 9.33. The number of carbonyl (C=O) groups is 2. The summed E-state index contributed by atoms with van der Waals surface area (Å²) in [6.07, 6.45) is 1.15. The van der Waals surface area contributed by atoms with E-state index in [1.807, 2.05) is 62.4 Å². The van der Waals surface area contributed by atoms with Crippen molar-refractivity contribution < 1.29 is 14.3 Å². The molecule has 5 heteroatoms. The number of nitrogens with zero attached hydrogens (tertiary/aromatic N) is 1. The van der Waals surface area contributed by atoms with Crippen molar-refractivity contribution in [3.05, 3.63) is 54.1 Å². The predicted molar refractivity (Wildman–Crippen MR) is 109 cm³/mol. The lowest BCUT2D eigenvalue weighted by Gasteiger charge is -2.24. The molecule has 144 valence electrons. The van der Waals surface area contributed by atoms with Crippen molar-refractivity contribution in [3.63, 3.8) is 0 Å². The Hall–Kier alpha value is -2.82. The number of hydrogen-bond acceptors (Lipinski definition) is 3. The van der Waals surface area contributed by atoms with E-state index in [0.717, 1.165) is 12.1 Å². The summed E-state index contributed by atoms with van der Waals surface area (Å²) in [5.41, 5.74) is 2.66. The van der Waals surface area contributed by atoms with Crippen molar-refractivity contribution in [2.45, 2.75) is 46.6 Å². The molecule has 2 aromatic carbocycles. The van der Waals surface area contributed by atoms with E-state index in [9.17, 15) is 9.59 Å². The lowest BCUT2D eigenvalue weighted by Crippen LogP contribution is -2.32. The second-order valence-electron chi connectivity index (χ2n) is 6.65. The molecule has 0 aromatic heterocycles. The van der Waals surface area contributed by atoms with Gasteiger partial charge >= 0.3 is 0 Å². The van der Waals surface area contributed by atoms with Gasteiger partial charge in [0.15, 0.2) is 0 Å². The first-order valence-electron chi connectivity index (χ1n) is 9.33. The van der Waals surface area contributed by atoms with Gasteiger partial charge < -0.3 is 15.0 Å². The molecule has 0 heterocycles. The van der Waals surface area contributed by atoms with E-state index in [2.05, 4.69) is 12.2 Å². The molecule has 5 nitrogen and oxygen atoms in total. The third-order valence-corrected chi connectivity index (χ3v) is 4.11. The Kier molecular flexibility index (Phi) is 7.41. The van der Waals surface area contributed by atoms with Crippen molar-refractivity contribution in [2.24, 2.45) is 0 Å². The minimum atomic E-state index is -0.132. The molecule has 0 spiro atoms. The Morgan fingerprint density at radius 3 is 2.33 bits per heavy atom. The highest BCUT2D eigenvalue weighted by atomic mass is 16.5. The maximum Gasteiger partial charge on any atom is 0.226 e. The lowest BCUT2D eigenvalue weighted by molar-refractivity contribution is -0.117. The topological polar surface area (TPSA) is 58.6 Å². The first-order chi connectivity index (χ1) is 12.9. The second kappa shape index (κ2) is 9.76. The van der Waals surface area contributed by atoms with Crippen LogP contribution in [0.25, 0.3) is 0 Å². The van der Waals surface area contributed by atoms with Crippen molar-refractivity contribution >= 4 is 23.2 Å². The highest BCUT2D eigenvalue weighted by Gasteiger charge is 2.18. The van der Waals surface area contributed by atoms with Gasteiger partial charge in [-0.25, -0.2) is 0 Å². The van der Waals surface area contributed by atoms with E-state index in [0.29, 0.717) is 11.4 Å². The normalized spacial score (nSPS) is 10.6. The number of para-hydroxylation sites is 2. The van der Waals surface area contributed by atoms with Crippen molar-refractivity contribution in [1.82, 2.24) is 0 Å². The number of anilines is 2. The molecule has 2 amide bonds. The molecule has 0 aliphatic heterocycles. The van der Waals surface area contributed by atoms with Gasteiger partial charge in [0.25, 0.3) is 0 Å². The van der Waals surface area contributed by atoms with Crippen LogP contribution in [0.3, 0.4) is 0 Å². The number of carbonyl (C=O) groups excluding carboxylic acids is 2. The maximum atomic E-state index is 12.3. The Morgan fingerprint density at radius 1 is 1.07 bits per heavy atom. The fourth-order valence-electron chi connectivity index (χ4n) is 2.74. The van der Waals surface area contributed by atoms with Gasteiger partial charge in [0.05, 0.1) is 11.8 Å². The standard InChI is InChI=1S/C22H28N2O3/c1-5-18-10-12-19(13-11-18)23-22(26)14-15-24(17(4)25)20-8-6-7-9-21(20)27-16(2)3/h6-13,16H,5,14-15H2,1-4H3,(H,23,26). The molecule has 0 atom stereocenters. The predicted octanol–water partition coefficient (Wildman–Crippen LogP) is 4.42. The zero-order valence-corrected chi connectivity index (χ0v) is 16.5. The van der Waals surface area contributed by atoms with Gasteiger partial charge in [-0.15, -0.1) is 0 Å². The van der Waals surface area contributed by atoms with Crippen molar-refractivity contribution in [3.8, 4) is 5.75 Å². The average Bonchev–Trinajstić information content (AvgIpc) is 2.63. The van der Waals surface area contributed by atoms with Crippen molar-refractivity contribution in [1.29, 1.82) is 0 Å². The van der Waals surface area contributed by atoms with E-state index in [4.69, 9.17) is 4.74 Å². The van der Waals surface area contributed by atoms with Crippen molar-refractivity contribution in [2.75, 3.05) is 16.8 Å². The zero-order valence-electron chi connectivity index (χ0n) is 16.5. The molecule has 2 rings (SSSR count). The third kappa shape index (κ3) is 6.13. The molecule has 0 bridgehead atoms.